The second-order valence-electron chi connectivity index (χ2n) is 9.34. The summed E-state index contributed by atoms with van der Waals surface area (Å²) in [4.78, 5) is 20.8. The van der Waals surface area contributed by atoms with Crippen LogP contribution in [-0.2, 0) is 17.6 Å². The summed E-state index contributed by atoms with van der Waals surface area (Å²) in [5.41, 5.74) is -0.129. The van der Waals surface area contributed by atoms with Crippen LogP contribution in [0, 0.1) is 5.41 Å². The van der Waals surface area contributed by atoms with Crippen molar-refractivity contribution in [2.24, 2.45) is 5.41 Å². The van der Waals surface area contributed by atoms with Crippen molar-refractivity contribution in [1.82, 2.24) is 19.9 Å². The summed E-state index contributed by atoms with van der Waals surface area (Å²) in [5, 5.41) is 13.9. The molecule has 2 N–H and O–H groups in total. The largest absolute Gasteiger partial charge is 0.611 e. The number of hydrogen-bond acceptors (Lipinski definition) is 8. The normalized spacial score (nSPS) is 26.9. The molecule has 31 heavy (non-hydrogen) atoms. The fraction of sp³-hybridized carbons (Fsp3) is 0.619. The van der Waals surface area contributed by atoms with Gasteiger partial charge in [-0.3, -0.25) is 0 Å². The molecule has 2 aromatic heterocycles. The van der Waals surface area contributed by atoms with Crippen molar-refractivity contribution >= 4 is 34.5 Å². The molecule has 0 aromatic carbocycles. The van der Waals surface area contributed by atoms with Gasteiger partial charge in [-0.2, -0.15) is 4.98 Å². The van der Waals surface area contributed by atoms with Crippen molar-refractivity contribution in [2.45, 2.75) is 54.9 Å². The van der Waals surface area contributed by atoms with E-state index < -0.39 is 23.3 Å². The monoisotopic (exact) mass is 462 g/mol. The Morgan fingerprint density at radius 3 is 2.68 bits per heavy atom. The van der Waals surface area contributed by atoms with Gasteiger partial charge in [0.15, 0.2) is 5.82 Å². The number of aliphatic hydroxyl groups is 1. The summed E-state index contributed by atoms with van der Waals surface area (Å²) in [6.07, 6.45) is 7.74. The molecule has 164 valence electrons. The summed E-state index contributed by atoms with van der Waals surface area (Å²) >= 11 is 4.67. The van der Waals surface area contributed by atoms with Gasteiger partial charge in [0.1, 0.15) is 17.3 Å². The Morgan fingerprint density at radius 2 is 2.03 bits per heavy atom. The molecule has 8 nitrogen and oxygen atoms in total. The van der Waals surface area contributed by atoms with Gasteiger partial charge in [0.25, 0.3) is 0 Å². The first kappa shape index (κ1) is 17.8. The molecule has 0 radical (unpaired) electrons. The van der Waals surface area contributed by atoms with E-state index in [2.05, 4.69) is 20.2 Å². The van der Waals surface area contributed by atoms with Crippen LogP contribution in [-0.4, -0.2) is 60.5 Å². The topological polar surface area (TPSA) is 110 Å². The van der Waals surface area contributed by atoms with E-state index in [-0.39, 0.29) is 5.41 Å². The van der Waals surface area contributed by atoms with Gasteiger partial charge in [-0.25, -0.2) is 15.0 Å². The minimum absolute atomic E-state index is 0.213. The highest BCUT2D eigenvalue weighted by Crippen LogP contribution is 2.56. The molecule has 1 atom stereocenters. The van der Waals surface area contributed by atoms with Crippen LogP contribution < -0.4 is 10.2 Å². The summed E-state index contributed by atoms with van der Waals surface area (Å²) in [5.74, 6) is 2.67. The van der Waals surface area contributed by atoms with Crippen molar-refractivity contribution in [3.05, 3.63) is 28.9 Å². The maximum Gasteiger partial charge on any atom is 0.227 e. The summed E-state index contributed by atoms with van der Waals surface area (Å²) < 4.78 is 28.5. The fourth-order valence-electron chi connectivity index (χ4n) is 5.30. The first-order chi connectivity index (χ1) is 15.7. The standard InChI is InChI=1S/C21H25ClN6O2S/c22-14-8-23-17(24-9-14)13-6-20(7-13)10-28(11-20)19-25-15-2-5-31(30)16(15)18(26-19)27-21(12-29)3-1-4-21/h8-9,13,29H,1-7,10-12H2,(H,25,26,27)/t31-/m1/s1/i12D2. The van der Waals surface area contributed by atoms with E-state index in [4.69, 9.17) is 24.3 Å². The molecule has 2 saturated carbocycles. The second kappa shape index (κ2) is 7.16. The van der Waals surface area contributed by atoms with Gasteiger partial charge in [0.05, 0.1) is 19.9 Å². The highest BCUT2D eigenvalue weighted by atomic mass is 35.5. The summed E-state index contributed by atoms with van der Waals surface area (Å²) in [6, 6.07) is 0. The predicted octanol–water partition coefficient (Wildman–Crippen LogP) is 2.29. The minimum atomic E-state index is -2.39. The van der Waals surface area contributed by atoms with Crippen LogP contribution in [0.4, 0.5) is 11.8 Å². The third kappa shape index (κ3) is 3.28. The van der Waals surface area contributed by atoms with E-state index in [1.807, 2.05) is 0 Å². The Kier molecular flexibility index (Phi) is 4.12. The highest BCUT2D eigenvalue weighted by Gasteiger charge is 2.54. The van der Waals surface area contributed by atoms with Crippen LogP contribution in [0.1, 0.15) is 52.3 Å². The molecule has 4 heterocycles. The number of aromatic nitrogens is 4. The smallest absolute Gasteiger partial charge is 0.227 e. The highest BCUT2D eigenvalue weighted by molar-refractivity contribution is 7.91. The Bertz CT molecular complexity index is 1080. The lowest BCUT2D eigenvalue weighted by Crippen LogP contribution is -2.62. The van der Waals surface area contributed by atoms with E-state index in [9.17, 15) is 9.66 Å². The average Bonchev–Trinajstić information content (AvgIpc) is 3.04. The van der Waals surface area contributed by atoms with Gasteiger partial charge < -0.3 is 19.9 Å². The van der Waals surface area contributed by atoms with E-state index in [1.54, 1.807) is 12.4 Å². The number of anilines is 2. The van der Waals surface area contributed by atoms with Crippen molar-refractivity contribution in [3.8, 4) is 0 Å². The maximum atomic E-state index is 12.6. The minimum Gasteiger partial charge on any atom is -0.611 e. The van der Waals surface area contributed by atoms with Crippen LogP contribution in [0.3, 0.4) is 0 Å². The molecular formula is C21H25ClN6O2S. The van der Waals surface area contributed by atoms with E-state index in [0.717, 1.165) is 43.9 Å². The molecule has 1 saturated heterocycles. The molecule has 2 aliphatic carbocycles. The van der Waals surface area contributed by atoms with Gasteiger partial charge >= 0.3 is 0 Å². The van der Waals surface area contributed by atoms with Gasteiger partial charge in [0, 0.05) is 43.2 Å². The summed E-state index contributed by atoms with van der Waals surface area (Å²) in [7, 11) is 0. The van der Waals surface area contributed by atoms with Gasteiger partial charge in [-0.15, -0.1) is 0 Å². The Labute approximate surface area is 191 Å². The first-order valence-electron chi connectivity index (χ1n) is 11.7. The summed E-state index contributed by atoms with van der Waals surface area (Å²) in [6.45, 7) is -0.719. The zero-order valence-corrected chi connectivity index (χ0v) is 18.5. The SMILES string of the molecule is [2H]C([2H])(O)C1(Nc2nc(N3CC4(CC(c5ncc(Cl)cn5)C4)C3)nc3c2[S@+]([O-])CC3)CCC1. The number of fused-ring (bicyclic) bond motifs is 1. The molecule has 2 aliphatic heterocycles. The van der Waals surface area contributed by atoms with Gasteiger partial charge in [-0.05, 0) is 43.3 Å². The van der Waals surface area contributed by atoms with Gasteiger partial charge in [-0.1, -0.05) is 11.6 Å². The Morgan fingerprint density at radius 1 is 1.29 bits per heavy atom. The predicted molar refractivity (Wildman–Crippen MR) is 118 cm³/mol. The molecule has 4 aliphatic rings. The lowest BCUT2D eigenvalue weighted by Gasteiger charge is -2.58. The molecule has 0 amide bonds. The Hall–Kier alpha value is -1.68. The quantitative estimate of drug-likeness (QED) is 0.651. The number of nitrogens with zero attached hydrogens (tertiary/aromatic N) is 5. The number of hydrogen-bond donors (Lipinski definition) is 2. The van der Waals surface area contributed by atoms with E-state index >= 15 is 0 Å². The second-order valence-corrected chi connectivity index (χ2v) is 11.3. The molecule has 0 bridgehead atoms. The average molecular weight is 463 g/mol. The number of aryl methyl sites for hydroxylation is 1. The van der Waals surface area contributed by atoms with Crippen LogP contribution >= 0.6 is 11.6 Å². The van der Waals surface area contributed by atoms with Gasteiger partial charge in [0.2, 0.25) is 10.8 Å². The molecule has 0 unspecified atom stereocenters. The zero-order valence-electron chi connectivity index (χ0n) is 19.0. The van der Waals surface area contributed by atoms with E-state index in [0.29, 0.717) is 52.6 Å². The first-order valence-corrected chi connectivity index (χ1v) is 12.4. The van der Waals surface area contributed by atoms with Crippen LogP contribution in [0.5, 0.6) is 0 Å². The zero-order chi connectivity index (χ0) is 23.0. The molecule has 1 spiro atoms. The lowest BCUT2D eigenvalue weighted by atomic mass is 9.57. The third-order valence-electron chi connectivity index (χ3n) is 7.15. The maximum absolute atomic E-state index is 12.6. The Balaban J connectivity index is 1.20. The van der Waals surface area contributed by atoms with E-state index in [1.165, 1.54) is 0 Å². The molecular weight excluding hydrogens is 436 g/mol. The molecule has 6 rings (SSSR count). The molecule has 3 fully saturated rings. The lowest BCUT2D eigenvalue weighted by molar-refractivity contribution is 0.0582. The van der Waals surface area contributed by atoms with Crippen LogP contribution in [0.2, 0.25) is 5.02 Å². The number of halogens is 1. The van der Waals surface area contributed by atoms with Crippen molar-refractivity contribution in [2.75, 3.05) is 35.6 Å². The van der Waals surface area contributed by atoms with Crippen molar-refractivity contribution < 1.29 is 12.4 Å². The number of nitrogens with one attached hydrogen (secondary N) is 1. The van der Waals surface area contributed by atoms with Crippen LogP contribution in [0.25, 0.3) is 0 Å². The third-order valence-corrected chi connectivity index (χ3v) is 8.81. The number of rotatable bonds is 5. The van der Waals surface area contributed by atoms with Crippen molar-refractivity contribution in [1.29, 1.82) is 0 Å². The molecule has 2 aromatic rings. The molecule has 10 heteroatoms. The fourth-order valence-corrected chi connectivity index (χ4v) is 6.70. The van der Waals surface area contributed by atoms with Crippen LogP contribution in [0.15, 0.2) is 17.3 Å². The van der Waals surface area contributed by atoms with Crippen molar-refractivity contribution in [3.63, 3.8) is 0 Å².